The van der Waals surface area contributed by atoms with Gasteiger partial charge >= 0.3 is 0 Å². The number of anilines is 2. The molecule has 0 aliphatic carbocycles. The summed E-state index contributed by atoms with van der Waals surface area (Å²) in [5.41, 5.74) is 12.1. The summed E-state index contributed by atoms with van der Waals surface area (Å²) in [5.74, 6) is 1.21. The maximum atomic E-state index is 9.91. The van der Waals surface area contributed by atoms with Crippen molar-refractivity contribution in [1.82, 2.24) is 9.97 Å². The summed E-state index contributed by atoms with van der Waals surface area (Å²) < 4.78 is 0. The Kier molecular flexibility index (Phi) is 4.82. The Hall–Kier alpha value is -2.05. The highest BCUT2D eigenvalue weighted by molar-refractivity contribution is 6.30. The van der Waals surface area contributed by atoms with Crippen LogP contribution in [0, 0.1) is 0 Å². The van der Waals surface area contributed by atoms with Crippen LogP contribution in [0.2, 0.25) is 5.02 Å². The smallest absolute Gasteiger partial charge is 0.167 e. The Bertz CT molecular complexity index is 635. The van der Waals surface area contributed by atoms with Crippen LogP contribution in [0.1, 0.15) is 13.3 Å². The van der Waals surface area contributed by atoms with Crippen LogP contribution in [0.3, 0.4) is 0 Å². The average Bonchev–Trinajstić information content (AvgIpc) is 2.46. The SMILES string of the molecule is CC[C@@H](N)CNc1cc(N)nc(-c2cc(Cl)ccc2O)n1. The quantitative estimate of drug-likeness (QED) is 0.674. The molecule has 6 N–H and O–H groups in total. The predicted octanol–water partition coefficient (Wildman–Crippen LogP) is 2.23. The third-order valence-corrected chi connectivity index (χ3v) is 3.25. The van der Waals surface area contributed by atoms with Gasteiger partial charge in [0.1, 0.15) is 17.4 Å². The van der Waals surface area contributed by atoms with Gasteiger partial charge in [0.25, 0.3) is 0 Å². The molecule has 2 aromatic rings. The van der Waals surface area contributed by atoms with Gasteiger partial charge in [-0.25, -0.2) is 9.97 Å². The highest BCUT2D eigenvalue weighted by Gasteiger charge is 2.11. The monoisotopic (exact) mass is 307 g/mol. The van der Waals surface area contributed by atoms with E-state index in [1.165, 1.54) is 6.07 Å². The molecule has 0 bridgehead atoms. The number of nitrogens with one attached hydrogen (secondary N) is 1. The standard InChI is InChI=1S/C14H18ClN5O/c1-2-9(16)7-18-13-6-12(17)19-14(20-13)10-5-8(15)3-4-11(10)21/h3-6,9,21H,2,7,16H2,1H3,(H3,17,18,19,20)/t9-/m1/s1. The number of aromatic hydroxyl groups is 1. The topological polar surface area (TPSA) is 110 Å². The minimum absolute atomic E-state index is 0.0317. The number of nitrogen functional groups attached to an aromatic ring is 1. The lowest BCUT2D eigenvalue weighted by molar-refractivity contribution is 0.477. The highest BCUT2D eigenvalue weighted by atomic mass is 35.5. The molecule has 112 valence electrons. The molecule has 0 aliphatic heterocycles. The fourth-order valence-electron chi connectivity index (χ4n) is 1.74. The molecule has 0 saturated heterocycles. The Balaban J connectivity index is 2.32. The average molecular weight is 308 g/mol. The molecule has 0 saturated carbocycles. The van der Waals surface area contributed by atoms with Crippen LogP contribution in [0.15, 0.2) is 24.3 Å². The second kappa shape index (κ2) is 6.60. The molecule has 6 nitrogen and oxygen atoms in total. The summed E-state index contributed by atoms with van der Waals surface area (Å²) in [4.78, 5) is 8.47. The van der Waals surface area contributed by atoms with Gasteiger partial charge in [0.05, 0.1) is 5.56 Å². The van der Waals surface area contributed by atoms with Crippen molar-refractivity contribution in [2.75, 3.05) is 17.6 Å². The van der Waals surface area contributed by atoms with Crippen molar-refractivity contribution in [3.63, 3.8) is 0 Å². The fraction of sp³-hybridized carbons (Fsp3) is 0.286. The van der Waals surface area contributed by atoms with Gasteiger partial charge in [-0.2, -0.15) is 0 Å². The third-order valence-electron chi connectivity index (χ3n) is 3.02. The molecule has 21 heavy (non-hydrogen) atoms. The molecular weight excluding hydrogens is 290 g/mol. The number of nitrogens with zero attached hydrogens (tertiary/aromatic N) is 2. The third kappa shape index (κ3) is 3.96. The molecule has 0 amide bonds. The van der Waals surface area contributed by atoms with E-state index in [2.05, 4.69) is 15.3 Å². The maximum Gasteiger partial charge on any atom is 0.167 e. The maximum absolute atomic E-state index is 9.91. The first kappa shape index (κ1) is 15.3. The first-order chi connectivity index (χ1) is 9.99. The van der Waals surface area contributed by atoms with Crippen LogP contribution in [0.25, 0.3) is 11.4 Å². The zero-order chi connectivity index (χ0) is 15.4. The molecule has 1 aromatic heterocycles. The molecule has 2 rings (SSSR count). The summed E-state index contributed by atoms with van der Waals surface area (Å²) in [6.07, 6.45) is 0.857. The van der Waals surface area contributed by atoms with Gasteiger partial charge in [-0.1, -0.05) is 18.5 Å². The minimum atomic E-state index is 0.0317. The minimum Gasteiger partial charge on any atom is -0.507 e. The van der Waals surface area contributed by atoms with Crippen molar-refractivity contribution >= 4 is 23.2 Å². The van der Waals surface area contributed by atoms with Gasteiger partial charge in [-0.05, 0) is 24.6 Å². The number of aromatic nitrogens is 2. The van der Waals surface area contributed by atoms with E-state index in [1.807, 2.05) is 6.92 Å². The van der Waals surface area contributed by atoms with E-state index in [4.69, 9.17) is 23.1 Å². The van der Waals surface area contributed by atoms with Gasteiger partial charge in [-0.3, -0.25) is 0 Å². The Morgan fingerprint density at radius 1 is 1.33 bits per heavy atom. The number of phenolic OH excluding ortho intramolecular Hbond substituents is 1. The summed E-state index contributed by atoms with van der Waals surface area (Å²) >= 11 is 5.94. The molecule has 0 radical (unpaired) electrons. The number of rotatable bonds is 5. The first-order valence-corrected chi connectivity index (χ1v) is 7.00. The largest absolute Gasteiger partial charge is 0.507 e. The van der Waals surface area contributed by atoms with E-state index in [1.54, 1.807) is 18.2 Å². The van der Waals surface area contributed by atoms with Crippen molar-refractivity contribution in [3.8, 4) is 17.1 Å². The van der Waals surface area contributed by atoms with Crippen molar-refractivity contribution in [3.05, 3.63) is 29.3 Å². The van der Waals surface area contributed by atoms with Crippen LogP contribution in [-0.2, 0) is 0 Å². The van der Waals surface area contributed by atoms with Crippen LogP contribution in [0.5, 0.6) is 5.75 Å². The fourth-order valence-corrected chi connectivity index (χ4v) is 1.92. The van der Waals surface area contributed by atoms with Crippen LogP contribution >= 0.6 is 11.6 Å². The number of halogens is 1. The normalized spacial score (nSPS) is 12.1. The second-order valence-corrected chi connectivity index (χ2v) is 5.15. The lowest BCUT2D eigenvalue weighted by Crippen LogP contribution is -2.28. The van der Waals surface area contributed by atoms with Crippen LogP contribution < -0.4 is 16.8 Å². The van der Waals surface area contributed by atoms with E-state index < -0.39 is 0 Å². The van der Waals surface area contributed by atoms with Crippen LogP contribution in [0.4, 0.5) is 11.6 Å². The van der Waals surface area contributed by atoms with Crippen molar-refractivity contribution < 1.29 is 5.11 Å². The van der Waals surface area contributed by atoms with E-state index >= 15 is 0 Å². The van der Waals surface area contributed by atoms with Crippen LogP contribution in [-0.4, -0.2) is 27.7 Å². The molecular formula is C14H18ClN5O. The summed E-state index contributed by atoms with van der Waals surface area (Å²) in [5, 5.41) is 13.5. The molecule has 0 fully saturated rings. The molecule has 1 heterocycles. The zero-order valence-electron chi connectivity index (χ0n) is 11.7. The lowest BCUT2D eigenvalue weighted by Gasteiger charge is -2.12. The van der Waals surface area contributed by atoms with E-state index in [0.717, 1.165) is 6.42 Å². The number of hydrogen-bond donors (Lipinski definition) is 4. The van der Waals surface area contributed by atoms with Crippen molar-refractivity contribution in [1.29, 1.82) is 0 Å². The number of phenols is 1. The molecule has 0 unspecified atom stereocenters. The van der Waals surface area contributed by atoms with E-state index in [0.29, 0.717) is 34.6 Å². The number of benzene rings is 1. The lowest BCUT2D eigenvalue weighted by atomic mass is 10.2. The summed E-state index contributed by atoms with van der Waals surface area (Å²) in [7, 11) is 0. The first-order valence-electron chi connectivity index (χ1n) is 6.62. The highest BCUT2D eigenvalue weighted by Crippen LogP contribution is 2.30. The van der Waals surface area contributed by atoms with Gasteiger partial charge in [-0.15, -0.1) is 0 Å². The summed E-state index contributed by atoms with van der Waals surface area (Å²) in [6, 6.07) is 6.32. The molecule has 1 atom stereocenters. The van der Waals surface area contributed by atoms with Gasteiger partial charge in [0.15, 0.2) is 5.82 Å². The molecule has 0 spiro atoms. The Morgan fingerprint density at radius 2 is 2.10 bits per heavy atom. The number of nitrogens with two attached hydrogens (primary N) is 2. The van der Waals surface area contributed by atoms with E-state index in [-0.39, 0.29) is 11.8 Å². The Morgan fingerprint density at radius 3 is 2.81 bits per heavy atom. The molecule has 1 aromatic carbocycles. The van der Waals surface area contributed by atoms with Gasteiger partial charge < -0.3 is 21.9 Å². The van der Waals surface area contributed by atoms with Gasteiger partial charge in [0, 0.05) is 23.7 Å². The molecule has 7 heteroatoms. The summed E-state index contributed by atoms with van der Waals surface area (Å²) in [6.45, 7) is 2.59. The van der Waals surface area contributed by atoms with Crippen molar-refractivity contribution in [2.24, 2.45) is 5.73 Å². The molecule has 0 aliphatic rings. The number of hydrogen-bond acceptors (Lipinski definition) is 6. The van der Waals surface area contributed by atoms with Gasteiger partial charge in [0.2, 0.25) is 0 Å². The predicted molar refractivity (Wildman–Crippen MR) is 85.3 cm³/mol. The van der Waals surface area contributed by atoms with E-state index in [9.17, 15) is 5.11 Å². The Labute approximate surface area is 128 Å². The second-order valence-electron chi connectivity index (χ2n) is 4.71. The zero-order valence-corrected chi connectivity index (χ0v) is 12.4. The van der Waals surface area contributed by atoms with Crippen molar-refractivity contribution in [2.45, 2.75) is 19.4 Å².